The van der Waals surface area contributed by atoms with Crippen molar-refractivity contribution in [1.29, 1.82) is 0 Å². The molecule has 0 aromatic carbocycles. The highest BCUT2D eigenvalue weighted by atomic mass is 16.5. The number of anilines is 1. The van der Waals surface area contributed by atoms with Gasteiger partial charge in [-0.3, -0.25) is 10.1 Å². The summed E-state index contributed by atoms with van der Waals surface area (Å²) in [4.78, 5) is 11.4. The minimum absolute atomic E-state index is 0.192. The normalized spacial score (nSPS) is 11.9. The van der Waals surface area contributed by atoms with E-state index in [0.717, 1.165) is 11.3 Å². The predicted molar refractivity (Wildman–Crippen MR) is 56.0 cm³/mol. The Balaban J connectivity index is 2.67. The molecule has 1 aromatic rings. The quantitative estimate of drug-likeness (QED) is 0.710. The molecule has 1 unspecified atom stereocenters. The van der Waals surface area contributed by atoms with Gasteiger partial charge >= 0.3 is 0 Å². The Kier molecular flexibility index (Phi) is 3.47. The number of carbonyl (C=O) groups excluding carboxylic acids is 1. The van der Waals surface area contributed by atoms with Crippen molar-refractivity contribution in [2.24, 2.45) is 5.73 Å². The molecule has 1 aromatic heterocycles. The first kappa shape index (κ1) is 11.3. The van der Waals surface area contributed by atoms with Gasteiger partial charge in [-0.15, -0.1) is 12.3 Å². The monoisotopic (exact) mass is 207 g/mol. The average molecular weight is 207 g/mol. The number of carbonyl (C=O) groups is 1. The molecule has 0 fully saturated rings. The van der Waals surface area contributed by atoms with Crippen molar-refractivity contribution >= 4 is 11.8 Å². The lowest BCUT2D eigenvalue weighted by molar-refractivity contribution is -0.117. The smallest absolute Gasteiger partial charge is 0.244 e. The third kappa shape index (κ3) is 2.58. The van der Waals surface area contributed by atoms with E-state index < -0.39 is 6.04 Å². The van der Waals surface area contributed by atoms with Crippen LogP contribution in [0.5, 0.6) is 0 Å². The van der Waals surface area contributed by atoms with Gasteiger partial charge in [0.1, 0.15) is 0 Å². The van der Waals surface area contributed by atoms with Gasteiger partial charge in [0.15, 0.2) is 0 Å². The van der Waals surface area contributed by atoms with E-state index in [4.69, 9.17) is 16.7 Å². The van der Waals surface area contributed by atoms with Crippen molar-refractivity contribution in [1.82, 2.24) is 5.16 Å². The first-order valence-electron chi connectivity index (χ1n) is 4.49. The van der Waals surface area contributed by atoms with E-state index in [-0.39, 0.29) is 12.3 Å². The molecule has 1 amide bonds. The molecule has 5 nitrogen and oxygen atoms in total. The summed E-state index contributed by atoms with van der Waals surface area (Å²) in [5.74, 6) is 2.28. The first-order chi connectivity index (χ1) is 7.06. The molecule has 1 atom stereocenters. The molecule has 0 aliphatic carbocycles. The van der Waals surface area contributed by atoms with Crippen LogP contribution in [0.4, 0.5) is 5.88 Å². The Morgan fingerprint density at radius 2 is 2.40 bits per heavy atom. The van der Waals surface area contributed by atoms with E-state index in [2.05, 4.69) is 16.4 Å². The fraction of sp³-hybridized carbons (Fsp3) is 0.400. The van der Waals surface area contributed by atoms with E-state index in [1.165, 1.54) is 0 Å². The minimum atomic E-state index is -0.722. The second-order valence-corrected chi connectivity index (χ2v) is 3.23. The van der Waals surface area contributed by atoms with Crippen LogP contribution < -0.4 is 11.1 Å². The Bertz CT molecular complexity index is 403. The summed E-state index contributed by atoms with van der Waals surface area (Å²) in [7, 11) is 0. The van der Waals surface area contributed by atoms with Crippen LogP contribution in [0, 0.1) is 26.2 Å². The summed E-state index contributed by atoms with van der Waals surface area (Å²) in [6.07, 6.45) is 5.24. The number of amides is 1. The van der Waals surface area contributed by atoms with Gasteiger partial charge in [0, 0.05) is 12.0 Å². The van der Waals surface area contributed by atoms with Gasteiger partial charge in [-0.25, -0.2) is 0 Å². The van der Waals surface area contributed by atoms with Crippen molar-refractivity contribution in [3.05, 3.63) is 11.3 Å². The summed E-state index contributed by atoms with van der Waals surface area (Å²) in [5.41, 5.74) is 7.04. The lowest BCUT2D eigenvalue weighted by atomic mass is 10.2. The predicted octanol–water partition coefficient (Wildman–Crippen LogP) is 0.581. The fourth-order valence-corrected chi connectivity index (χ4v) is 0.956. The number of nitrogens with one attached hydrogen (secondary N) is 1. The zero-order chi connectivity index (χ0) is 11.4. The lowest BCUT2D eigenvalue weighted by Gasteiger charge is -2.06. The highest BCUT2D eigenvalue weighted by Crippen LogP contribution is 2.17. The molecular weight excluding hydrogens is 194 g/mol. The number of hydrogen-bond acceptors (Lipinski definition) is 4. The Morgan fingerprint density at radius 1 is 1.73 bits per heavy atom. The molecule has 3 N–H and O–H groups in total. The van der Waals surface area contributed by atoms with Gasteiger partial charge in [0.2, 0.25) is 11.8 Å². The Morgan fingerprint density at radius 3 is 2.87 bits per heavy atom. The molecule has 5 heteroatoms. The molecule has 80 valence electrons. The molecular formula is C10H13N3O2. The molecule has 0 spiro atoms. The number of hydrogen-bond donors (Lipinski definition) is 2. The molecule has 1 heterocycles. The number of nitrogens with zero attached hydrogens (tertiary/aromatic N) is 1. The maximum absolute atomic E-state index is 11.4. The molecule has 0 bridgehead atoms. The van der Waals surface area contributed by atoms with Gasteiger partial charge in [-0.05, 0) is 13.8 Å². The van der Waals surface area contributed by atoms with Crippen molar-refractivity contribution in [2.75, 3.05) is 5.32 Å². The third-order valence-corrected chi connectivity index (χ3v) is 2.07. The van der Waals surface area contributed by atoms with Crippen molar-refractivity contribution in [3.8, 4) is 12.3 Å². The van der Waals surface area contributed by atoms with Crippen LogP contribution in [0.1, 0.15) is 17.7 Å². The summed E-state index contributed by atoms with van der Waals surface area (Å²) >= 11 is 0. The number of aromatic nitrogens is 1. The molecule has 0 aliphatic heterocycles. The third-order valence-electron chi connectivity index (χ3n) is 2.07. The maximum atomic E-state index is 11.4. The van der Waals surface area contributed by atoms with Crippen LogP contribution in [0.3, 0.4) is 0 Å². The summed E-state index contributed by atoms with van der Waals surface area (Å²) < 4.78 is 4.90. The fourth-order valence-electron chi connectivity index (χ4n) is 0.956. The molecule has 0 saturated heterocycles. The highest BCUT2D eigenvalue weighted by molar-refractivity contribution is 5.94. The number of nitrogens with two attached hydrogens (primary N) is 1. The standard InChI is InChI=1S/C10H13N3O2/c1-4-5-8(11)9(14)12-10-6(2)7(3)13-15-10/h1,8H,5,11H2,2-3H3,(H,12,14). The second kappa shape index (κ2) is 4.62. The van der Waals surface area contributed by atoms with Gasteiger partial charge in [-0.2, -0.15) is 0 Å². The van der Waals surface area contributed by atoms with Crippen molar-refractivity contribution in [2.45, 2.75) is 26.3 Å². The van der Waals surface area contributed by atoms with E-state index in [0.29, 0.717) is 5.88 Å². The first-order valence-corrected chi connectivity index (χ1v) is 4.49. The van der Waals surface area contributed by atoms with Gasteiger partial charge in [-0.1, -0.05) is 5.16 Å². The van der Waals surface area contributed by atoms with Gasteiger partial charge in [0.05, 0.1) is 11.7 Å². The molecule has 0 saturated carbocycles. The van der Waals surface area contributed by atoms with E-state index in [1.807, 2.05) is 0 Å². The van der Waals surface area contributed by atoms with Crippen LogP contribution in [0.2, 0.25) is 0 Å². The zero-order valence-corrected chi connectivity index (χ0v) is 8.70. The van der Waals surface area contributed by atoms with Crippen LogP contribution in [-0.2, 0) is 4.79 Å². The molecule has 1 rings (SSSR count). The topological polar surface area (TPSA) is 81.2 Å². The molecule has 0 radical (unpaired) electrons. The number of rotatable bonds is 3. The van der Waals surface area contributed by atoms with Crippen molar-refractivity contribution in [3.63, 3.8) is 0 Å². The molecule has 0 aliphatic rings. The van der Waals surface area contributed by atoms with Gasteiger partial charge < -0.3 is 10.3 Å². The van der Waals surface area contributed by atoms with Crippen LogP contribution in [0.25, 0.3) is 0 Å². The van der Waals surface area contributed by atoms with Gasteiger partial charge in [0.25, 0.3) is 0 Å². The zero-order valence-electron chi connectivity index (χ0n) is 8.70. The van der Waals surface area contributed by atoms with Crippen LogP contribution in [0.15, 0.2) is 4.52 Å². The van der Waals surface area contributed by atoms with Crippen LogP contribution >= 0.6 is 0 Å². The summed E-state index contributed by atoms with van der Waals surface area (Å²) in [6.45, 7) is 3.59. The number of terminal acetylenes is 1. The van der Waals surface area contributed by atoms with E-state index in [1.54, 1.807) is 13.8 Å². The maximum Gasteiger partial charge on any atom is 0.244 e. The van der Waals surface area contributed by atoms with E-state index >= 15 is 0 Å². The largest absolute Gasteiger partial charge is 0.338 e. The number of aryl methyl sites for hydroxylation is 1. The van der Waals surface area contributed by atoms with E-state index in [9.17, 15) is 4.79 Å². The Labute approximate surface area is 88.0 Å². The average Bonchev–Trinajstić information content (AvgIpc) is 2.50. The summed E-state index contributed by atoms with van der Waals surface area (Å²) in [6, 6.07) is -0.722. The van der Waals surface area contributed by atoms with Crippen molar-refractivity contribution < 1.29 is 9.32 Å². The van der Waals surface area contributed by atoms with Crippen LogP contribution in [-0.4, -0.2) is 17.1 Å². The highest BCUT2D eigenvalue weighted by Gasteiger charge is 2.16. The SMILES string of the molecule is C#CCC(N)C(=O)Nc1onc(C)c1C. The molecule has 15 heavy (non-hydrogen) atoms. The Hall–Kier alpha value is -1.80. The second-order valence-electron chi connectivity index (χ2n) is 3.23. The summed E-state index contributed by atoms with van der Waals surface area (Å²) in [5, 5.41) is 6.23. The minimum Gasteiger partial charge on any atom is -0.338 e. The lowest BCUT2D eigenvalue weighted by Crippen LogP contribution is -2.35.